The zero-order valence-electron chi connectivity index (χ0n) is 28.0. The molecule has 266 valence electrons. The molecular weight excluding hydrogens is 638 g/mol. The minimum absolute atomic E-state index is 0.0456. The first-order valence-electron chi connectivity index (χ1n) is 16.4. The van der Waals surface area contributed by atoms with Gasteiger partial charge in [-0.25, -0.2) is 0 Å². The van der Waals surface area contributed by atoms with Crippen LogP contribution in [0.3, 0.4) is 0 Å². The summed E-state index contributed by atoms with van der Waals surface area (Å²) in [5, 5.41) is 21.2. The Hall–Kier alpha value is -4.99. The number of aromatic amines is 1. The number of esters is 1. The van der Waals surface area contributed by atoms with Gasteiger partial charge in [0.15, 0.2) is 0 Å². The van der Waals surface area contributed by atoms with Gasteiger partial charge in [0.1, 0.15) is 36.3 Å². The Morgan fingerprint density at radius 3 is 2.22 bits per heavy atom. The van der Waals surface area contributed by atoms with Gasteiger partial charge in [-0.1, -0.05) is 45.9 Å². The third-order valence-electron chi connectivity index (χ3n) is 8.63. The number of hydrogen-bond acceptors (Lipinski definition) is 9. The number of aliphatic carboxylic acids is 1. The number of aromatic nitrogens is 1. The molecule has 2 aliphatic heterocycles. The van der Waals surface area contributed by atoms with E-state index in [4.69, 9.17) is 10.5 Å². The molecule has 49 heavy (non-hydrogen) atoms. The largest absolute Gasteiger partial charge is 0.481 e. The Bertz CT molecular complexity index is 1590. The third-order valence-corrected chi connectivity index (χ3v) is 8.63. The summed E-state index contributed by atoms with van der Waals surface area (Å²) in [6, 6.07) is 0.828. The molecule has 1 aromatic carbocycles. The van der Waals surface area contributed by atoms with Crippen LogP contribution in [0, 0.1) is 11.8 Å². The molecule has 5 amide bonds. The van der Waals surface area contributed by atoms with E-state index >= 15 is 0 Å². The topological polar surface area (TPSA) is 242 Å². The number of amides is 5. The lowest BCUT2D eigenvalue weighted by atomic mass is 9.98. The Labute approximate surface area is 283 Å². The number of para-hydroxylation sites is 1. The van der Waals surface area contributed by atoms with Crippen molar-refractivity contribution in [2.75, 3.05) is 13.1 Å². The van der Waals surface area contributed by atoms with Crippen molar-refractivity contribution in [3.8, 4) is 0 Å². The summed E-state index contributed by atoms with van der Waals surface area (Å²) < 4.78 is 5.33. The normalized spacial score (nSPS) is 25.6. The van der Waals surface area contributed by atoms with Gasteiger partial charge in [0, 0.05) is 29.9 Å². The highest BCUT2D eigenvalue weighted by atomic mass is 16.5. The van der Waals surface area contributed by atoms with Crippen molar-refractivity contribution >= 4 is 52.4 Å². The Balaban J connectivity index is 1.79. The second kappa shape index (κ2) is 15.9. The van der Waals surface area contributed by atoms with Crippen LogP contribution >= 0.6 is 0 Å². The first kappa shape index (κ1) is 36.8. The number of carbonyl (C=O) groups excluding carboxylic acids is 6. The maximum atomic E-state index is 14.0. The molecule has 2 aliphatic rings. The van der Waals surface area contributed by atoms with Crippen molar-refractivity contribution < 1.29 is 43.4 Å². The van der Waals surface area contributed by atoms with Gasteiger partial charge in [-0.2, -0.15) is 0 Å². The van der Waals surface area contributed by atoms with E-state index in [1.54, 1.807) is 20.0 Å². The summed E-state index contributed by atoms with van der Waals surface area (Å²) in [5.41, 5.74) is 6.85. The highest BCUT2D eigenvalue weighted by Gasteiger charge is 2.45. The third kappa shape index (κ3) is 9.13. The molecule has 0 aliphatic carbocycles. The Kier molecular flexibility index (Phi) is 12.0. The summed E-state index contributed by atoms with van der Waals surface area (Å²) in [7, 11) is 0. The fraction of sp³-hybridized carbons (Fsp3) is 0.545. The fourth-order valence-electron chi connectivity index (χ4n) is 6.21. The monoisotopic (exact) mass is 683 g/mol. The average Bonchev–Trinajstić information content (AvgIpc) is 3.65. The summed E-state index contributed by atoms with van der Waals surface area (Å²) in [6.45, 7) is 6.37. The number of nitrogens with two attached hydrogens (primary N) is 1. The molecule has 0 spiro atoms. The summed E-state index contributed by atoms with van der Waals surface area (Å²) in [4.78, 5) is 97.5. The number of carboxylic acids is 1. The van der Waals surface area contributed by atoms with E-state index in [9.17, 15) is 38.7 Å². The number of nitrogens with one attached hydrogen (secondary N) is 5. The van der Waals surface area contributed by atoms with Gasteiger partial charge < -0.3 is 46.7 Å². The van der Waals surface area contributed by atoms with E-state index in [0.29, 0.717) is 5.56 Å². The Morgan fingerprint density at radius 1 is 0.918 bits per heavy atom. The van der Waals surface area contributed by atoms with Crippen LogP contribution < -0.4 is 27.0 Å². The molecule has 2 fully saturated rings. The molecule has 0 saturated carbocycles. The van der Waals surface area contributed by atoms with Gasteiger partial charge in [0.05, 0.1) is 19.5 Å². The molecule has 8 N–H and O–H groups in total. The van der Waals surface area contributed by atoms with Crippen molar-refractivity contribution in [1.82, 2.24) is 31.2 Å². The first-order chi connectivity index (χ1) is 23.2. The highest BCUT2D eigenvalue weighted by Crippen LogP contribution is 2.24. The van der Waals surface area contributed by atoms with E-state index in [-0.39, 0.29) is 31.7 Å². The maximum absolute atomic E-state index is 14.0. The van der Waals surface area contributed by atoms with E-state index in [2.05, 4.69) is 26.3 Å². The van der Waals surface area contributed by atoms with Crippen molar-refractivity contribution in [1.29, 1.82) is 0 Å². The zero-order chi connectivity index (χ0) is 36.0. The van der Waals surface area contributed by atoms with Gasteiger partial charge in [0.25, 0.3) is 0 Å². The SMILES string of the molecule is CC(C)CC1NC(=O)C(C(C)C)NC(=O)C2CC(OC(=O)CN)CN2C(=O)C(CC(=O)O)NC(=O)C(Cc2c[nH]c3ccccc23)NC1=O. The second-order valence-electron chi connectivity index (χ2n) is 13.3. The molecule has 1 aromatic heterocycles. The molecule has 2 saturated heterocycles. The maximum Gasteiger partial charge on any atom is 0.320 e. The van der Waals surface area contributed by atoms with Gasteiger partial charge in [-0.15, -0.1) is 0 Å². The second-order valence-corrected chi connectivity index (χ2v) is 13.3. The number of benzene rings is 1. The first-order valence-corrected chi connectivity index (χ1v) is 16.4. The number of carboxylic acid groups (broad SMARTS) is 1. The smallest absolute Gasteiger partial charge is 0.320 e. The summed E-state index contributed by atoms with van der Waals surface area (Å²) in [5.74, 6) is -6.56. The van der Waals surface area contributed by atoms with Crippen molar-refractivity contribution in [2.24, 2.45) is 17.6 Å². The molecule has 2 aromatic rings. The molecule has 6 unspecified atom stereocenters. The average molecular weight is 684 g/mol. The van der Waals surface area contributed by atoms with E-state index in [0.717, 1.165) is 15.8 Å². The molecule has 3 heterocycles. The van der Waals surface area contributed by atoms with E-state index < -0.39 is 96.7 Å². The summed E-state index contributed by atoms with van der Waals surface area (Å²) >= 11 is 0. The van der Waals surface area contributed by atoms with E-state index in [1.807, 2.05) is 38.1 Å². The van der Waals surface area contributed by atoms with Crippen LogP contribution in [0.25, 0.3) is 10.9 Å². The lowest BCUT2D eigenvalue weighted by molar-refractivity contribution is -0.148. The lowest BCUT2D eigenvalue weighted by Gasteiger charge is -2.30. The number of ether oxygens (including phenoxy) is 1. The molecule has 6 atom stereocenters. The predicted molar refractivity (Wildman–Crippen MR) is 175 cm³/mol. The van der Waals surface area contributed by atoms with Crippen LogP contribution in [0.15, 0.2) is 30.5 Å². The van der Waals surface area contributed by atoms with Crippen molar-refractivity contribution in [2.45, 2.75) is 89.7 Å². The van der Waals surface area contributed by atoms with Crippen molar-refractivity contribution in [3.05, 3.63) is 36.0 Å². The molecule has 4 rings (SSSR count). The number of carbonyl (C=O) groups is 7. The summed E-state index contributed by atoms with van der Waals surface area (Å²) in [6.07, 6.45) is -0.136. The van der Waals surface area contributed by atoms with Gasteiger partial charge in [0.2, 0.25) is 29.5 Å². The van der Waals surface area contributed by atoms with Crippen LogP contribution in [0.5, 0.6) is 0 Å². The predicted octanol–water partition coefficient (Wildman–Crippen LogP) is -0.689. The fourth-order valence-corrected chi connectivity index (χ4v) is 6.21. The standard InChI is InChI=1S/C33H45N7O9/c1-16(2)9-22-29(44)36-23(10-18-14-35-21-8-6-5-7-20(18)21)30(45)38-24(12-26(41)42)33(48)40-15-19(49-27(43)13-34)11-25(40)31(46)39-28(17(3)4)32(47)37-22/h5-8,14,16-17,19,22-25,28,35H,9-13,15,34H2,1-4H3,(H,36,44)(H,37,47)(H,38,45)(H,39,46)(H,41,42). The molecule has 16 nitrogen and oxygen atoms in total. The highest BCUT2D eigenvalue weighted by molar-refractivity contribution is 5.99. The number of rotatable bonds is 9. The minimum atomic E-state index is -1.66. The number of nitrogens with zero attached hydrogens (tertiary/aromatic N) is 1. The number of fused-ring (bicyclic) bond motifs is 2. The van der Waals surface area contributed by atoms with Gasteiger partial charge in [-0.3, -0.25) is 33.6 Å². The lowest BCUT2D eigenvalue weighted by Crippen LogP contribution is -2.59. The molecule has 0 radical (unpaired) electrons. The van der Waals surface area contributed by atoms with Crippen LogP contribution in [-0.4, -0.2) is 106 Å². The van der Waals surface area contributed by atoms with Crippen LogP contribution in [0.4, 0.5) is 0 Å². The van der Waals surface area contributed by atoms with Crippen LogP contribution in [-0.2, 0) is 44.7 Å². The van der Waals surface area contributed by atoms with Crippen LogP contribution in [0.2, 0.25) is 0 Å². The minimum Gasteiger partial charge on any atom is -0.481 e. The molecule has 16 heteroatoms. The zero-order valence-corrected chi connectivity index (χ0v) is 28.0. The number of hydrogen-bond donors (Lipinski definition) is 7. The molecule has 0 bridgehead atoms. The Morgan fingerprint density at radius 2 is 1.57 bits per heavy atom. The van der Waals surface area contributed by atoms with Gasteiger partial charge in [-0.05, 0) is 29.9 Å². The number of H-pyrrole nitrogens is 1. The molecular formula is C33H45N7O9. The van der Waals surface area contributed by atoms with E-state index in [1.165, 1.54) is 0 Å². The van der Waals surface area contributed by atoms with Crippen molar-refractivity contribution in [3.63, 3.8) is 0 Å². The van der Waals surface area contributed by atoms with Crippen LogP contribution in [0.1, 0.15) is 52.5 Å². The quantitative estimate of drug-likeness (QED) is 0.164. The van der Waals surface area contributed by atoms with Gasteiger partial charge >= 0.3 is 11.9 Å².